The van der Waals surface area contributed by atoms with E-state index in [2.05, 4.69) is 9.97 Å². The highest BCUT2D eigenvalue weighted by molar-refractivity contribution is 5.85. The largest absolute Gasteiger partial charge is 0.450 e. The van der Waals surface area contributed by atoms with Gasteiger partial charge >= 0.3 is 6.18 Å². The molecule has 1 heterocycles. The Morgan fingerprint density at radius 1 is 1.62 bits per heavy atom. The standard InChI is InChI=1S/C7H7F3N2O/c1-4-5(12-3-11-4)2-6(13)7(8,9)10/h3H,2H2,1H3,(H,11,12). The van der Waals surface area contributed by atoms with E-state index in [0.29, 0.717) is 5.69 Å². The lowest BCUT2D eigenvalue weighted by Crippen LogP contribution is -2.24. The van der Waals surface area contributed by atoms with Gasteiger partial charge in [-0.05, 0) is 6.92 Å². The zero-order chi connectivity index (χ0) is 10.1. The van der Waals surface area contributed by atoms with Gasteiger partial charge in [0.05, 0.1) is 18.4 Å². The first kappa shape index (κ1) is 9.76. The van der Waals surface area contributed by atoms with E-state index in [1.807, 2.05) is 0 Å². The Balaban J connectivity index is 2.71. The van der Waals surface area contributed by atoms with Crippen LogP contribution in [-0.2, 0) is 11.2 Å². The number of imidazole rings is 1. The van der Waals surface area contributed by atoms with E-state index in [-0.39, 0.29) is 5.69 Å². The van der Waals surface area contributed by atoms with E-state index >= 15 is 0 Å². The first-order chi connectivity index (χ1) is 5.91. The van der Waals surface area contributed by atoms with E-state index in [1.54, 1.807) is 6.92 Å². The number of nitrogens with zero attached hydrogens (tertiary/aromatic N) is 1. The highest BCUT2D eigenvalue weighted by Crippen LogP contribution is 2.18. The van der Waals surface area contributed by atoms with Crippen LogP contribution in [0.3, 0.4) is 0 Å². The van der Waals surface area contributed by atoms with Gasteiger partial charge in [-0.25, -0.2) is 4.98 Å². The second-order valence-corrected chi connectivity index (χ2v) is 2.57. The summed E-state index contributed by atoms with van der Waals surface area (Å²) in [6.07, 6.45) is -4.21. The number of aryl methyl sites for hydroxylation is 1. The predicted molar refractivity (Wildman–Crippen MR) is 38.1 cm³/mol. The number of hydrogen-bond donors (Lipinski definition) is 1. The Morgan fingerprint density at radius 3 is 2.62 bits per heavy atom. The van der Waals surface area contributed by atoms with Gasteiger partial charge in [-0.3, -0.25) is 4.79 Å². The molecule has 0 unspecified atom stereocenters. The van der Waals surface area contributed by atoms with Crippen LogP contribution >= 0.6 is 0 Å². The fraction of sp³-hybridized carbons (Fsp3) is 0.429. The number of alkyl halides is 3. The maximum absolute atomic E-state index is 11.8. The average molecular weight is 192 g/mol. The second kappa shape index (κ2) is 3.20. The van der Waals surface area contributed by atoms with Crippen molar-refractivity contribution in [2.45, 2.75) is 19.5 Å². The molecule has 0 aromatic carbocycles. The van der Waals surface area contributed by atoms with Gasteiger partial charge in [0.25, 0.3) is 0 Å². The minimum Gasteiger partial charge on any atom is -0.348 e. The van der Waals surface area contributed by atoms with Crippen molar-refractivity contribution in [3.63, 3.8) is 0 Å². The normalized spacial score (nSPS) is 11.7. The molecule has 0 amide bonds. The molecule has 0 spiro atoms. The molecule has 0 aliphatic heterocycles. The highest BCUT2D eigenvalue weighted by atomic mass is 19.4. The third-order valence-corrected chi connectivity index (χ3v) is 1.58. The Morgan fingerprint density at radius 2 is 2.23 bits per heavy atom. The maximum Gasteiger partial charge on any atom is 0.450 e. The summed E-state index contributed by atoms with van der Waals surface area (Å²) in [5, 5.41) is 0. The van der Waals surface area contributed by atoms with E-state index < -0.39 is 18.4 Å². The van der Waals surface area contributed by atoms with Gasteiger partial charge in [-0.15, -0.1) is 0 Å². The molecule has 6 heteroatoms. The maximum atomic E-state index is 11.8. The van der Waals surface area contributed by atoms with Gasteiger partial charge in [0.1, 0.15) is 0 Å². The molecule has 0 saturated carbocycles. The van der Waals surface area contributed by atoms with Crippen molar-refractivity contribution in [1.29, 1.82) is 0 Å². The third-order valence-electron chi connectivity index (χ3n) is 1.58. The molecule has 1 rings (SSSR count). The zero-order valence-electron chi connectivity index (χ0n) is 6.77. The smallest absolute Gasteiger partial charge is 0.348 e. The minimum atomic E-state index is -4.77. The van der Waals surface area contributed by atoms with Crippen molar-refractivity contribution in [3.05, 3.63) is 17.7 Å². The summed E-state index contributed by atoms with van der Waals surface area (Å²) in [7, 11) is 0. The number of H-pyrrole nitrogens is 1. The molecule has 72 valence electrons. The van der Waals surface area contributed by atoms with Crippen LogP contribution in [-0.4, -0.2) is 21.9 Å². The fourth-order valence-electron chi connectivity index (χ4n) is 0.818. The van der Waals surface area contributed by atoms with Crippen molar-refractivity contribution in [2.75, 3.05) is 0 Å². The zero-order valence-corrected chi connectivity index (χ0v) is 6.77. The lowest BCUT2D eigenvalue weighted by molar-refractivity contribution is -0.170. The average Bonchev–Trinajstić information content (AvgIpc) is 2.34. The molecule has 0 aliphatic rings. The first-order valence-electron chi connectivity index (χ1n) is 3.50. The summed E-state index contributed by atoms with van der Waals surface area (Å²) < 4.78 is 35.4. The lowest BCUT2D eigenvalue weighted by Gasteiger charge is -2.03. The van der Waals surface area contributed by atoms with Crippen molar-refractivity contribution < 1.29 is 18.0 Å². The first-order valence-corrected chi connectivity index (χ1v) is 3.50. The van der Waals surface area contributed by atoms with Gasteiger partial charge in [0, 0.05) is 5.69 Å². The molecule has 0 aliphatic carbocycles. The number of aromatic amines is 1. The van der Waals surface area contributed by atoms with Crippen molar-refractivity contribution >= 4 is 5.78 Å². The van der Waals surface area contributed by atoms with Gasteiger partial charge in [-0.2, -0.15) is 13.2 Å². The molecule has 0 radical (unpaired) electrons. The van der Waals surface area contributed by atoms with Crippen LogP contribution in [0.5, 0.6) is 0 Å². The molecule has 0 fully saturated rings. The molecule has 13 heavy (non-hydrogen) atoms. The topological polar surface area (TPSA) is 45.8 Å². The number of aromatic nitrogens is 2. The molecular weight excluding hydrogens is 185 g/mol. The van der Waals surface area contributed by atoms with Crippen LogP contribution < -0.4 is 0 Å². The number of Topliss-reactive ketones (excluding diaryl/α,β-unsaturated/α-hetero) is 1. The number of carbonyl (C=O) groups excluding carboxylic acids is 1. The summed E-state index contributed by atoms with van der Waals surface area (Å²) in [4.78, 5) is 16.7. The van der Waals surface area contributed by atoms with Gasteiger partial charge in [0.15, 0.2) is 0 Å². The number of ketones is 1. The van der Waals surface area contributed by atoms with Crippen LogP contribution in [0, 0.1) is 6.92 Å². The number of carbonyl (C=O) groups is 1. The van der Waals surface area contributed by atoms with Crippen LogP contribution in [0.25, 0.3) is 0 Å². The lowest BCUT2D eigenvalue weighted by atomic mass is 10.2. The Hall–Kier alpha value is -1.33. The van der Waals surface area contributed by atoms with Crippen molar-refractivity contribution in [1.82, 2.24) is 9.97 Å². The van der Waals surface area contributed by atoms with E-state index in [1.165, 1.54) is 6.33 Å². The monoisotopic (exact) mass is 192 g/mol. The van der Waals surface area contributed by atoms with E-state index in [4.69, 9.17) is 0 Å². The molecule has 1 aromatic heterocycles. The van der Waals surface area contributed by atoms with Gasteiger partial charge in [-0.1, -0.05) is 0 Å². The SMILES string of the molecule is Cc1[nH]cnc1CC(=O)C(F)(F)F. The predicted octanol–water partition coefficient (Wildman–Crippen LogP) is 1.39. The van der Waals surface area contributed by atoms with Gasteiger partial charge < -0.3 is 4.98 Å². The third kappa shape index (κ3) is 2.30. The molecule has 1 aromatic rings. The second-order valence-electron chi connectivity index (χ2n) is 2.57. The fourth-order valence-corrected chi connectivity index (χ4v) is 0.818. The van der Waals surface area contributed by atoms with Crippen LogP contribution in [0.15, 0.2) is 6.33 Å². The Labute approximate surface area is 72.0 Å². The molecule has 3 nitrogen and oxygen atoms in total. The van der Waals surface area contributed by atoms with Crippen molar-refractivity contribution in [2.24, 2.45) is 0 Å². The van der Waals surface area contributed by atoms with Crippen molar-refractivity contribution in [3.8, 4) is 0 Å². The van der Waals surface area contributed by atoms with Crippen LogP contribution in [0.4, 0.5) is 13.2 Å². The van der Waals surface area contributed by atoms with E-state index in [9.17, 15) is 18.0 Å². The minimum absolute atomic E-state index is 0.141. The summed E-state index contributed by atoms with van der Waals surface area (Å²) in [5.41, 5.74) is 0.625. The summed E-state index contributed by atoms with van der Waals surface area (Å²) in [6, 6.07) is 0. The van der Waals surface area contributed by atoms with Crippen LogP contribution in [0.2, 0.25) is 0 Å². The van der Waals surface area contributed by atoms with E-state index in [0.717, 1.165) is 0 Å². The molecular formula is C7H7F3N2O. The van der Waals surface area contributed by atoms with Gasteiger partial charge in [0.2, 0.25) is 5.78 Å². The van der Waals surface area contributed by atoms with Crippen LogP contribution in [0.1, 0.15) is 11.4 Å². The Bertz CT molecular complexity index is 316. The quantitative estimate of drug-likeness (QED) is 0.769. The number of nitrogens with one attached hydrogen (secondary N) is 1. The molecule has 0 bridgehead atoms. The summed E-state index contributed by atoms with van der Waals surface area (Å²) in [5.74, 6) is -1.78. The number of halogens is 3. The summed E-state index contributed by atoms with van der Waals surface area (Å²) in [6.45, 7) is 1.56. The number of hydrogen-bond acceptors (Lipinski definition) is 2. The number of rotatable bonds is 2. The highest BCUT2D eigenvalue weighted by Gasteiger charge is 2.38. The Kier molecular flexibility index (Phi) is 2.40. The summed E-state index contributed by atoms with van der Waals surface area (Å²) >= 11 is 0. The molecule has 0 atom stereocenters. The molecule has 1 N–H and O–H groups in total. The molecule has 0 saturated heterocycles.